The van der Waals surface area contributed by atoms with Crippen molar-refractivity contribution in [3.63, 3.8) is 0 Å². The van der Waals surface area contributed by atoms with E-state index in [2.05, 4.69) is 34.2 Å². The standard InChI is InChI=1S/C12H17N5/c1-6(2)10-11(16-17-12(10)13)9-5-7(3)14-15-8(9)4/h5-6H,1-4H3,(H3,13,16,17). The summed E-state index contributed by atoms with van der Waals surface area (Å²) in [7, 11) is 0. The minimum Gasteiger partial charge on any atom is -0.382 e. The molecule has 0 aromatic carbocycles. The highest BCUT2D eigenvalue weighted by Gasteiger charge is 2.17. The van der Waals surface area contributed by atoms with Gasteiger partial charge in [-0.25, -0.2) is 0 Å². The molecule has 0 fully saturated rings. The third-order valence-corrected chi connectivity index (χ3v) is 2.78. The fourth-order valence-electron chi connectivity index (χ4n) is 1.96. The van der Waals surface area contributed by atoms with Crippen LogP contribution in [0.2, 0.25) is 0 Å². The predicted octanol–water partition coefficient (Wildman–Crippen LogP) is 2.19. The Hall–Kier alpha value is -1.91. The lowest BCUT2D eigenvalue weighted by Crippen LogP contribution is -1.98. The van der Waals surface area contributed by atoms with Gasteiger partial charge in [0.05, 0.1) is 17.1 Å². The van der Waals surface area contributed by atoms with Gasteiger partial charge in [0.2, 0.25) is 0 Å². The summed E-state index contributed by atoms with van der Waals surface area (Å²) in [5, 5.41) is 15.2. The monoisotopic (exact) mass is 231 g/mol. The van der Waals surface area contributed by atoms with Crippen molar-refractivity contribution < 1.29 is 0 Å². The molecule has 0 saturated carbocycles. The molecule has 0 aliphatic carbocycles. The van der Waals surface area contributed by atoms with Gasteiger partial charge in [-0.1, -0.05) is 13.8 Å². The van der Waals surface area contributed by atoms with Gasteiger partial charge in [-0.05, 0) is 25.8 Å². The number of nitrogen functional groups attached to an aromatic ring is 1. The maximum Gasteiger partial charge on any atom is 0.149 e. The van der Waals surface area contributed by atoms with E-state index in [1.54, 1.807) is 0 Å². The normalized spacial score (nSPS) is 11.1. The van der Waals surface area contributed by atoms with Crippen molar-refractivity contribution in [2.45, 2.75) is 33.6 Å². The fourth-order valence-corrected chi connectivity index (χ4v) is 1.96. The topological polar surface area (TPSA) is 80.5 Å². The van der Waals surface area contributed by atoms with E-state index >= 15 is 0 Å². The first-order valence-corrected chi connectivity index (χ1v) is 5.65. The Labute approximate surface area is 100 Å². The molecule has 17 heavy (non-hydrogen) atoms. The van der Waals surface area contributed by atoms with Gasteiger partial charge in [0.15, 0.2) is 0 Å². The van der Waals surface area contributed by atoms with Gasteiger partial charge in [-0.3, -0.25) is 5.10 Å². The second-order valence-corrected chi connectivity index (χ2v) is 4.54. The van der Waals surface area contributed by atoms with Crippen LogP contribution in [0, 0.1) is 13.8 Å². The van der Waals surface area contributed by atoms with E-state index in [0.717, 1.165) is 28.2 Å². The molecule has 2 heterocycles. The molecule has 5 nitrogen and oxygen atoms in total. The molecule has 3 N–H and O–H groups in total. The molecular weight excluding hydrogens is 214 g/mol. The van der Waals surface area contributed by atoms with Crippen molar-refractivity contribution in [2.24, 2.45) is 0 Å². The van der Waals surface area contributed by atoms with Gasteiger partial charge in [0.25, 0.3) is 0 Å². The van der Waals surface area contributed by atoms with E-state index in [1.807, 2.05) is 19.9 Å². The van der Waals surface area contributed by atoms with Crippen molar-refractivity contribution in [3.05, 3.63) is 23.0 Å². The van der Waals surface area contributed by atoms with Crippen LogP contribution in [0.15, 0.2) is 6.07 Å². The van der Waals surface area contributed by atoms with E-state index in [-0.39, 0.29) is 0 Å². The van der Waals surface area contributed by atoms with E-state index in [4.69, 9.17) is 5.73 Å². The number of anilines is 1. The molecule has 0 radical (unpaired) electrons. The number of aryl methyl sites for hydroxylation is 2. The van der Waals surface area contributed by atoms with Gasteiger partial charge in [-0.15, -0.1) is 0 Å². The quantitative estimate of drug-likeness (QED) is 0.830. The summed E-state index contributed by atoms with van der Waals surface area (Å²) in [5.41, 5.74) is 10.7. The highest BCUT2D eigenvalue weighted by molar-refractivity contribution is 5.70. The molecule has 0 aliphatic heterocycles. The number of nitrogens with zero attached hydrogens (tertiary/aromatic N) is 3. The summed E-state index contributed by atoms with van der Waals surface area (Å²) in [6.45, 7) is 8.05. The average Bonchev–Trinajstić information content (AvgIpc) is 2.64. The summed E-state index contributed by atoms with van der Waals surface area (Å²) in [4.78, 5) is 0. The molecule has 5 heteroatoms. The molecular formula is C12H17N5. The highest BCUT2D eigenvalue weighted by Crippen LogP contribution is 2.32. The molecule has 0 unspecified atom stereocenters. The molecule has 2 rings (SSSR count). The first kappa shape index (κ1) is 11.6. The summed E-state index contributed by atoms with van der Waals surface area (Å²) in [6.07, 6.45) is 0. The van der Waals surface area contributed by atoms with Crippen LogP contribution in [-0.2, 0) is 0 Å². The Kier molecular flexibility index (Phi) is 2.83. The third-order valence-electron chi connectivity index (χ3n) is 2.78. The summed E-state index contributed by atoms with van der Waals surface area (Å²) in [6, 6.07) is 2.00. The van der Waals surface area contributed by atoms with Crippen LogP contribution in [0.4, 0.5) is 5.82 Å². The van der Waals surface area contributed by atoms with Crippen LogP contribution in [0.1, 0.15) is 36.7 Å². The van der Waals surface area contributed by atoms with Crippen molar-refractivity contribution >= 4 is 5.82 Å². The van der Waals surface area contributed by atoms with Gasteiger partial charge in [-0.2, -0.15) is 15.3 Å². The first-order chi connectivity index (χ1) is 8.00. The van der Waals surface area contributed by atoms with Crippen LogP contribution in [0.5, 0.6) is 0 Å². The Morgan fingerprint density at radius 1 is 1.24 bits per heavy atom. The lowest BCUT2D eigenvalue weighted by molar-refractivity contribution is 0.870. The fraction of sp³-hybridized carbons (Fsp3) is 0.417. The third kappa shape index (κ3) is 2.00. The van der Waals surface area contributed by atoms with Gasteiger partial charge >= 0.3 is 0 Å². The maximum absolute atomic E-state index is 5.89. The zero-order chi connectivity index (χ0) is 12.6. The van der Waals surface area contributed by atoms with Crippen LogP contribution >= 0.6 is 0 Å². The van der Waals surface area contributed by atoms with Crippen LogP contribution in [0.3, 0.4) is 0 Å². The zero-order valence-electron chi connectivity index (χ0n) is 10.6. The molecule has 0 spiro atoms. The number of aromatic nitrogens is 4. The molecule has 2 aromatic heterocycles. The summed E-state index contributed by atoms with van der Waals surface area (Å²) < 4.78 is 0. The van der Waals surface area contributed by atoms with Crippen molar-refractivity contribution in [1.82, 2.24) is 20.4 Å². The number of H-pyrrole nitrogens is 1. The first-order valence-electron chi connectivity index (χ1n) is 5.65. The van der Waals surface area contributed by atoms with E-state index in [0.29, 0.717) is 11.7 Å². The summed E-state index contributed by atoms with van der Waals surface area (Å²) in [5.74, 6) is 0.875. The van der Waals surface area contributed by atoms with Crippen LogP contribution < -0.4 is 5.73 Å². The van der Waals surface area contributed by atoms with E-state index < -0.39 is 0 Å². The Bertz CT molecular complexity index is 542. The Balaban J connectivity index is 2.64. The molecule has 0 aliphatic rings. The largest absolute Gasteiger partial charge is 0.382 e. The number of rotatable bonds is 2. The number of nitrogens with one attached hydrogen (secondary N) is 1. The molecule has 2 aromatic rings. The van der Waals surface area contributed by atoms with Crippen molar-refractivity contribution in [2.75, 3.05) is 5.73 Å². The summed E-state index contributed by atoms with van der Waals surface area (Å²) >= 11 is 0. The van der Waals surface area contributed by atoms with E-state index in [1.165, 1.54) is 0 Å². The zero-order valence-corrected chi connectivity index (χ0v) is 10.6. The van der Waals surface area contributed by atoms with Gasteiger partial charge in [0.1, 0.15) is 5.82 Å². The SMILES string of the molecule is Cc1cc(-c2[nH]nc(N)c2C(C)C)c(C)nn1. The van der Waals surface area contributed by atoms with Gasteiger partial charge in [0, 0.05) is 11.1 Å². The Morgan fingerprint density at radius 2 is 1.94 bits per heavy atom. The second kappa shape index (κ2) is 4.16. The number of aromatic amines is 1. The maximum atomic E-state index is 5.89. The molecule has 0 saturated heterocycles. The minimum absolute atomic E-state index is 0.316. The lowest BCUT2D eigenvalue weighted by Gasteiger charge is -2.09. The number of hydrogen-bond acceptors (Lipinski definition) is 4. The smallest absolute Gasteiger partial charge is 0.149 e. The van der Waals surface area contributed by atoms with E-state index in [9.17, 15) is 0 Å². The van der Waals surface area contributed by atoms with Crippen LogP contribution in [-0.4, -0.2) is 20.4 Å². The highest BCUT2D eigenvalue weighted by atomic mass is 15.2. The molecule has 0 bridgehead atoms. The van der Waals surface area contributed by atoms with Crippen LogP contribution in [0.25, 0.3) is 11.3 Å². The number of hydrogen-bond donors (Lipinski definition) is 2. The average molecular weight is 231 g/mol. The van der Waals surface area contributed by atoms with Crippen molar-refractivity contribution in [3.8, 4) is 11.3 Å². The second-order valence-electron chi connectivity index (χ2n) is 4.54. The Morgan fingerprint density at radius 3 is 2.59 bits per heavy atom. The molecule has 0 amide bonds. The number of nitrogens with two attached hydrogens (primary N) is 1. The lowest BCUT2D eigenvalue weighted by atomic mass is 9.98. The molecule has 90 valence electrons. The van der Waals surface area contributed by atoms with Crippen molar-refractivity contribution in [1.29, 1.82) is 0 Å². The van der Waals surface area contributed by atoms with Gasteiger partial charge < -0.3 is 5.73 Å². The predicted molar refractivity (Wildman–Crippen MR) is 67.6 cm³/mol. The minimum atomic E-state index is 0.316. The molecule has 0 atom stereocenters.